The Balaban J connectivity index is 1.68. The highest BCUT2D eigenvalue weighted by atomic mass is 16.6. The normalized spacial score (nSPS) is 19.8. The summed E-state index contributed by atoms with van der Waals surface area (Å²) in [4.78, 5) is 34.4. The van der Waals surface area contributed by atoms with E-state index in [9.17, 15) is 19.5 Å². The van der Waals surface area contributed by atoms with Crippen LogP contribution in [0.2, 0.25) is 0 Å². The number of rotatable bonds is 9. The zero-order chi connectivity index (χ0) is 21.0. The Labute approximate surface area is 168 Å². The van der Waals surface area contributed by atoms with E-state index in [4.69, 9.17) is 9.84 Å². The van der Waals surface area contributed by atoms with Crippen molar-refractivity contribution in [3.05, 3.63) is 60.2 Å². The predicted molar refractivity (Wildman–Crippen MR) is 105 cm³/mol. The van der Waals surface area contributed by atoms with E-state index in [0.29, 0.717) is 6.42 Å². The van der Waals surface area contributed by atoms with Crippen LogP contribution in [0.3, 0.4) is 0 Å². The molecule has 2 aromatic carbocycles. The number of carbonyl (C=O) groups excluding carboxylic acids is 1. The highest BCUT2D eigenvalue weighted by Gasteiger charge is 2.51. The van der Waals surface area contributed by atoms with E-state index in [0.717, 1.165) is 16.7 Å². The number of carboxylic acid groups (broad SMARTS) is 2. The molecule has 3 rings (SSSR count). The zero-order valence-electron chi connectivity index (χ0n) is 15.9. The molecular weight excluding hydrogens is 374 g/mol. The van der Waals surface area contributed by atoms with E-state index < -0.39 is 42.0 Å². The molecule has 2 aromatic rings. The number of amides is 1. The third kappa shape index (κ3) is 5.42. The fraction of sp³-hybridized carbons (Fsp3) is 0.318. The van der Waals surface area contributed by atoms with Gasteiger partial charge in [-0.3, -0.25) is 9.59 Å². The van der Waals surface area contributed by atoms with E-state index in [1.54, 1.807) is 6.92 Å². The van der Waals surface area contributed by atoms with Gasteiger partial charge in [-0.25, -0.2) is 4.79 Å². The van der Waals surface area contributed by atoms with E-state index in [1.165, 1.54) is 0 Å². The summed E-state index contributed by atoms with van der Waals surface area (Å²) in [5.74, 6) is -3.31. The van der Waals surface area contributed by atoms with Crippen LogP contribution in [0, 0.1) is 5.92 Å². The summed E-state index contributed by atoms with van der Waals surface area (Å²) in [5, 5.41) is 20.9. The van der Waals surface area contributed by atoms with Crippen molar-refractivity contribution in [2.45, 2.75) is 38.0 Å². The Kier molecular flexibility index (Phi) is 6.29. The molecule has 1 heterocycles. The first-order chi connectivity index (χ1) is 13.8. The molecule has 152 valence electrons. The highest BCUT2D eigenvalue weighted by molar-refractivity contribution is 5.92. The van der Waals surface area contributed by atoms with Crippen molar-refractivity contribution >= 4 is 17.8 Å². The van der Waals surface area contributed by atoms with Gasteiger partial charge in [0.2, 0.25) is 0 Å². The highest BCUT2D eigenvalue weighted by Crippen LogP contribution is 2.24. The van der Waals surface area contributed by atoms with E-state index in [2.05, 4.69) is 5.32 Å². The molecule has 1 aliphatic heterocycles. The minimum atomic E-state index is -1.18. The van der Waals surface area contributed by atoms with Crippen molar-refractivity contribution < 1.29 is 29.3 Å². The van der Waals surface area contributed by atoms with Crippen LogP contribution in [-0.4, -0.2) is 46.3 Å². The lowest BCUT2D eigenvalue weighted by atomic mass is 9.94. The van der Waals surface area contributed by atoms with Gasteiger partial charge in [0.1, 0.15) is 0 Å². The summed E-state index contributed by atoms with van der Waals surface area (Å²) in [6, 6.07) is 17.3. The molecular formula is C22H23NO6. The van der Waals surface area contributed by atoms with Gasteiger partial charge >= 0.3 is 11.9 Å². The minimum absolute atomic E-state index is 0.228. The number of carboxylic acids is 2. The third-order valence-electron chi connectivity index (χ3n) is 4.94. The summed E-state index contributed by atoms with van der Waals surface area (Å²) in [5.41, 5.74) is 3.09. The fourth-order valence-corrected chi connectivity index (χ4v) is 3.25. The molecule has 0 aliphatic carbocycles. The van der Waals surface area contributed by atoms with Crippen LogP contribution in [0.25, 0.3) is 11.1 Å². The number of hydrogen-bond donors (Lipinski definition) is 3. The van der Waals surface area contributed by atoms with Crippen LogP contribution < -0.4 is 5.32 Å². The largest absolute Gasteiger partial charge is 0.481 e. The number of epoxide rings is 1. The van der Waals surface area contributed by atoms with Gasteiger partial charge in [0.15, 0.2) is 12.2 Å². The van der Waals surface area contributed by atoms with Crippen LogP contribution in [-0.2, 0) is 25.5 Å². The number of nitrogens with one attached hydrogen (secondary N) is 1. The number of hydrogen-bond acceptors (Lipinski definition) is 4. The summed E-state index contributed by atoms with van der Waals surface area (Å²) in [6.45, 7) is 1.58. The Bertz CT molecular complexity index is 880. The summed E-state index contributed by atoms with van der Waals surface area (Å²) in [7, 11) is 0. The van der Waals surface area contributed by atoms with Crippen molar-refractivity contribution in [1.29, 1.82) is 0 Å². The lowest BCUT2D eigenvalue weighted by Gasteiger charge is -2.20. The number of aliphatic carboxylic acids is 2. The van der Waals surface area contributed by atoms with Crippen molar-refractivity contribution in [1.82, 2.24) is 5.32 Å². The summed E-state index contributed by atoms with van der Waals surface area (Å²) < 4.78 is 4.88. The van der Waals surface area contributed by atoms with Crippen molar-refractivity contribution in [2.75, 3.05) is 0 Å². The van der Waals surface area contributed by atoms with Gasteiger partial charge in [0, 0.05) is 6.04 Å². The van der Waals surface area contributed by atoms with Gasteiger partial charge < -0.3 is 20.3 Å². The number of ether oxygens (including phenoxy) is 1. The van der Waals surface area contributed by atoms with Gasteiger partial charge in [-0.2, -0.15) is 0 Å². The smallest absolute Gasteiger partial charge is 0.336 e. The maximum atomic E-state index is 12.3. The van der Waals surface area contributed by atoms with Crippen LogP contribution in [0.15, 0.2) is 54.6 Å². The van der Waals surface area contributed by atoms with Gasteiger partial charge in [-0.15, -0.1) is 0 Å². The second-order valence-electron chi connectivity index (χ2n) is 7.26. The first-order valence-electron chi connectivity index (χ1n) is 9.41. The molecule has 1 amide bonds. The summed E-state index contributed by atoms with van der Waals surface area (Å²) >= 11 is 0. The number of carbonyl (C=O) groups is 3. The van der Waals surface area contributed by atoms with Gasteiger partial charge in [0.25, 0.3) is 5.91 Å². The minimum Gasteiger partial charge on any atom is -0.481 e. The summed E-state index contributed by atoms with van der Waals surface area (Å²) in [6.07, 6.45) is -1.48. The second kappa shape index (κ2) is 8.87. The quantitative estimate of drug-likeness (QED) is 0.559. The molecule has 4 atom stereocenters. The van der Waals surface area contributed by atoms with Crippen LogP contribution in [0.5, 0.6) is 0 Å². The van der Waals surface area contributed by atoms with Gasteiger partial charge in [-0.1, -0.05) is 61.5 Å². The monoisotopic (exact) mass is 397 g/mol. The molecule has 7 heteroatoms. The molecule has 0 spiro atoms. The van der Waals surface area contributed by atoms with E-state index >= 15 is 0 Å². The van der Waals surface area contributed by atoms with E-state index in [1.807, 2.05) is 54.6 Å². The second-order valence-corrected chi connectivity index (χ2v) is 7.26. The topological polar surface area (TPSA) is 116 Å². The van der Waals surface area contributed by atoms with Crippen molar-refractivity contribution in [3.8, 4) is 11.1 Å². The SMILES string of the molecule is C[C@H](CC(Cc1ccc(-c2ccccc2)cc1)NC(=O)[C@@H]1O[C@@H]1C(=O)O)C(=O)O. The molecule has 1 unspecified atom stereocenters. The Morgan fingerprint density at radius 2 is 1.59 bits per heavy atom. The standard InChI is InChI=1S/C22H23NO6/c1-13(21(25)26)11-17(23-20(24)18-19(29-18)22(27)28)12-14-7-9-16(10-8-14)15-5-3-2-4-6-15/h2-10,13,17-19H,11-12H2,1H3,(H,23,24)(H,25,26)(H,27,28)/t13-,17?,18-,19+/m1/s1. The maximum Gasteiger partial charge on any atom is 0.336 e. The molecule has 0 saturated carbocycles. The molecule has 0 bridgehead atoms. The molecule has 0 aromatic heterocycles. The molecule has 7 nitrogen and oxygen atoms in total. The predicted octanol–water partition coefficient (Wildman–Crippen LogP) is 2.34. The average molecular weight is 397 g/mol. The first-order valence-corrected chi connectivity index (χ1v) is 9.41. The first kappa shape index (κ1) is 20.5. The van der Waals surface area contributed by atoms with Crippen LogP contribution >= 0.6 is 0 Å². The Morgan fingerprint density at radius 3 is 2.14 bits per heavy atom. The Hall–Kier alpha value is -3.19. The Morgan fingerprint density at radius 1 is 0.966 bits per heavy atom. The molecule has 0 radical (unpaired) electrons. The van der Waals surface area contributed by atoms with Crippen molar-refractivity contribution in [2.24, 2.45) is 5.92 Å². The average Bonchev–Trinajstić information content (AvgIpc) is 3.50. The molecule has 1 saturated heterocycles. The third-order valence-corrected chi connectivity index (χ3v) is 4.94. The van der Waals surface area contributed by atoms with Crippen LogP contribution in [0.1, 0.15) is 18.9 Å². The van der Waals surface area contributed by atoms with Gasteiger partial charge in [-0.05, 0) is 29.5 Å². The lowest BCUT2D eigenvalue weighted by Crippen LogP contribution is -2.41. The van der Waals surface area contributed by atoms with Crippen LogP contribution in [0.4, 0.5) is 0 Å². The fourth-order valence-electron chi connectivity index (χ4n) is 3.25. The van der Waals surface area contributed by atoms with Crippen molar-refractivity contribution in [3.63, 3.8) is 0 Å². The molecule has 1 aliphatic rings. The van der Waals surface area contributed by atoms with Gasteiger partial charge in [0.05, 0.1) is 5.92 Å². The lowest BCUT2D eigenvalue weighted by molar-refractivity contribution is -0.142. The van der Waals surface area contributed by atoms with E-state index in [-0.39, 0.29) is 6.42 Å². The number of benzene rings is 2. The maximum absolute atomic E-state index is 12.3. The molecule has 3 N–H and O–H groups in total. The molecule has 29 heavy (non-hydrogen) atoms. The molecule has 1 fully saturated rings. The zero-order valence-corrected chi connectivity index (χ0v) is 15.9.